The molecule has 0 aliphatic carbocycles. The van der Waals surface area contributed by atoms with Crippen LogP contribution in [0.5, 0.6) is 0 Å². The minimum Gasteiger partial charge on any atom is -0.304 e. The second-order valence-electron chi connectivity index (χ2n) is 3.35. The topological polar surface area (TPSA) is 3.24 Å². The third kappa shape index (κ3) is 2.54. The van der Waals surface area contributed by atoms with Crippen LogP contribution in [-0.4, -0.2) is 22.8 Å². The Labute approximate surface area is 86.4 Å². The summed E-state index contributed by atoms with van der Waals surface area (Å²) in [6, 6.07) is 1.54. The average molecular weight is 301 g/mol. The van der Waals surface area contributed by atoms with Gasteiger partial charge in [-0.15, -0.1) is 0 Å². The third-order valence-electron chi connectivity index (χ3n) is 2.49. The molecular weight excluding hydrogens is 286 g/mol. The van der Waals surface area contributed by atoms with Crippen LogP contribution in [-0.2, 0) is 0 Å². The predicted octanol–water partition coefficient (Wildman–Crippen LogP) is 2.76. The molecule has 4 heteroatoms. The summed E-state index contributed by atoms with van der Waals surface area (Å²) in [5.74, 6) is 0. The van der Waals surface area contributed by atoms with E-state index in [0.29, 0.717) is 0 Å². The van der Waals surface area contributed by atoms with Gasteiger partial charge in [0.1, 0.15) is 0 Å². The number of hydrogen-bond donors (Lipinski definition) is 0. The van der Waals surface area contributed by atoms with Crippen molar-refractivity contribution in [2.45, 2.75) is 45.2 Å². The van der Waals surface area contributed by atoms with Gasteiger partial charge in [-0.1, -0.05) is 50.9 Å². The second kappa shape index (κ2) is 4.39. The summed E-state index contributed by atoms with van der Waals surface area (Å²) in [6.07, 6.45) is 3.23. The summed E-state index contributed by atoms with van der Waals surface area (Å²) in [5, 5.41) is 0. The van der Waals surface area contributed by atoms with Gasteiger partial charge in [0.05, 0.1) is 0 Å². The molecule has 2 atom stereocenters. The van der Waals surface area contributed by atoms with E-state index in [9.17, 15) is 0 Å². The summed E-state index contributed by atoms with van der Waals surface area (Å²) >= 11 is 7.40. The molecular formula is C7H15Br2NSi. The average Bonchev–Trinajstić information content (AvgIpc) is 1.85. The van der Waals surface area contributed by atoms with Gasteiger partial charge in [-0.05, 0) is 12.8 Å². The molecule has 1 saturated heterocycles. The summed E-state index contributed by atoms with van der Waals surface area (Å²) in [6.45, 7) is 4.66. The van der Waals surface area contributed by atoms with Gasteiger partial charge in [-0.2, -0.15) is 0 Å². The maximum absolute atomic E-state index is 3.70. The summed E-state index contributed by atoms with van der Waals surface area (Å²) in [5.41, 5.74) is 0. The quantitative estimate of drug-likeness (QED) is 0.532. The highest BCUT2D eigenvalue weighted by Gasteiger charge is 2.28. The SMILES string of the molecule is CC1CCCC(C)N1[SiH](Br)Br. The highest BCUT2D eigenvalue weighted by Crippen LogP contribution is 2.27. The normalized spacial score (nSPS) is 34.6. The number of rotatable bonds is 1. The molecule has 1 aliphatic heterocycles. The van der Waals surface area contributed by atoms with Crippen molar-refractivity contribution in [2.24, 2.45) is 0 Å². The van der Waals surface area contributed by atoms with Crippen LogP contribution >= 0.6 is 30.6 Å². The summed E-state index contributed by atoms with van der Waals surface area (Å²) < 4.78 is 2.61. The third-order valence-corrected chi connectivity index (χ3v) is 6.79. The molecule has 0 saturated carbocycles. The Morgan fingerprint density at radius 3 is 1.91 bits per heavy atom. The highest BCUT2D eigenvalue weighted by molar-refractivity contribution is 9.48. The highest BCUT2D eigenvalue weighted by atomic mass is 79.9. The molecule has 0 aromatic rings. The zero-order valence-electron chi connectivity index (χ0n) is 7.06. The Hall–Kier alpha value is 1.14. The van der Waals surface area contributed by atoms with Crippen LogP contribution < -0.4 is 0 Å². The monoisotopic (exact) mass is 299 g/mol. The van der Waals surface area contributed by atoms with Crippen LogP contribution in [0.15, 0.2) is 0 Å². The largest absolute Gasteiger partial charge is 0.304 e. The fraction of sp³-hybridized carbons (Fsp3) is 1.00. The molecule has 0 aromatic heterocycles. The Morgan fingerprint density at radius 1 is 1.18 bits per heavy atom. The molecule has 0 radical (unpaired) electrons. The molecule has 1 aliphatic rings. The van der Waals surface area contributed by atoms with Crippen molar-refractivity contribution in [3.63, 3.8) is 0 Å². The lowest BCUT2D eigenvalue weighted by molar-refractivity contribution is 0.209. The number of hydrogen-bond acceptors (Lipinski definition) is 1. The van der Waals surface area contributed by atoms with Crippen LogP contribution in [0.25, 0.3) is 0 Å². The van der Waals surface area contributed by atoms with Crippen LogP contribution in [0.2, 0.25) is 0 Å². The van der Waals surface area contributed by atoms with E-state index in [-0.39, 0.29) is 0 Å². The first-order valence-corrected chi connectivity index (χ1v) is 11.1. The lowest BCUT2D eigenvalue weighted by atomic mass is 10.0. The van der Waals surface area contributed by atoms with Gasteiger partial charge in [-0.25, -0.2) is 0 Å². The fourth-order valence-electron chi connectivity index (χ4n) is 1.83. The first-order valence-electron chi connectivity index (χ1n) is 4.18. The van der Waals surface area contributed by atoms with E-state index in [4.69, 9.17) is 0 Å². The molecule has 2 unspecified atom stereocenters. The lowest BCUT2D eigenvalue weighted by Gasteiger charge is -2.39. The van der Waals surface area contributed by atoms with Crippen molar-refractivity contribution >= 4 is 36.8 Å². The maximum Gasteiger partial charge on any atom is 0.258 e. The van der Waals surface area contributed by atoms with E-state index < -0.39 is 6.20 Å². The molecule has 66 valence electrons. The van der Waals surface area contributed by atoms with E-state index in [1.54, 1.807) is 0 Å². The Bertz CT molecular complexity index is 122. The van der Waals surface area contributed by atoms with Crippen LogP contribution in [0.3, 0.4) is 0 Å². The molecule has 0 aromatic carbocycles. The van der Waals surface area contributed by atoms with Gasteiger partial charge < -0.3 is 4.57 Å². The molecule has 1 rings (SSSR count). The fourth-order valence-corrected chi connectivity index (χ4v) is 7.74. The van der Waals surface area contributed by atoms with Crippen molar-refractivity contribution in [1.82, 2.24) is 4.57 Å². The van der Waals surface area contributed by atoms with Gasteiger partial charge in [0.15, 0.2) is 0 Å². The van der Waals surface area contributed by atoms with Gasteiger partial charge >= 0.3 is 0 Å². The van der Waals surface area contributed by atoms with E-state index in [1.807, 2.05) is 0 Å². The second-order valence-corrected chi connectivity index (χ2v) is 13.4. The van der Waals surface area contributed by atoms with E-state index >= 15 is 0 Å². The number of halogens is 2. The Morgan fingerprint density at radius 2 is 1.64 bits per heavy atom. The van der Waals surface area contributed by atoms with Crippen LogP contribution in [0.1, 0.15) is 33.1 Å². The zero-order chi connectivity index (χ0) is 8.43. The Balaban J connectivity index is 2.55. The zero-order valence-corrected chi connectivity index (χ0v) is 11.4. The van der Waals surface area contributed by atoms with E-state index in [1.165, 1.54) is 19.3 Å². The van der Waals surface area contributed by atoms with Crippen molar-refractivity contribution in [1.29, 1.82) is 0 Å². The standard InChI is InChI=1S/C7H15Br2NSi/c1-6-4-3-5-7(2)10(6)11(8)9/h6-7,11H,3-5H2,1-2H3. The molecule has 0 bridgehead atoms. The van der Waals surface area contributed by atoms with Gasteiger partial charge in [-0.3, -0.25) is 0 Å². The minimum absolute atomic E-state index is 0.772. The molecule has 0 N–H and O–H groups in total. The maximum atomic E-state index is 3.70. The van der Waals surface area contributed by atoms with Crippen molar-refractivity contribution in [2.75, 3.05) is 0 Å². The van der Waals surface area contributed by atoms with Gasteiger partial charge in [0.2, 0.25) is 0 Å². The van der Waals surface area contributed by atoms with E-state index in [0.717, 1.165) is 12.1 Å². The summed E-state index contributed by atoms with van der Waals surface area (Å²) in [7, 11) is 0. The van der Waals surface area contributed by atoms with Crippen LogP contribution in [0.4, 0.5) is 0 Å². The molecule has 0 amide bonds. The number of nitrogens with zero attached hydrogens (tertiary/aromatic N) is 1. The molecule has 1 heterocycles. The molecule has 11 heavy (non-hydrogen) atoms. The van der Waals surface area contributed by atoms with Gasteiger partial charge in [0, 0.05) is 12.1 Å². The van der Waals surface area contributed by atoms with Crippen molar-refractivity contribution in [3.8, 4) is 0 Å². The minimum atomic E-state index is -0.909. The first kappa shape index (κ1) is 10.2. The predicted molar refractivity (Wildman–Crippen MR) is 59.6 cm³/mol. The lowest BCUT2D eigenvalue weighted by Crippen LogP contribution is -2.47. The first-order chi connectivity index (χ1) is 5.13. The molecule has 1 nitrogen and oxygen atoms in total. The van der Waals surface area contributed by atoms with Gasteiger partial charge in [0.25, 0.3) is 6.20 Å². The smallest absolute Gasteiger partial charge is 0.258 e. The van der Waals surface area contributed by atoms with Crippen molar-refractivity contribution < 1.29 is 0 Å². The van der Waals surface area contributed by atoms with Crippen molar-refractivity contribution in [3.05, 3.63) is 0 Å². The van der Waals surface area contributed by atoms with E-state index in [2.05, 4.69) is 49.0 Å². The molecule has 1 fully saturated rings. The molecule has 0 spiro atoms. The van der Waals surface area contributed by atoms with Crippen LogP contribution in [0, 0.1) is 0 Å². The Kier molecular flexibility index (Phi) is 4.08. The number of piperidine rings is 1. The summed E-state index contributed by atoms with van der Waals surface area (Å²) in [4.78, 5) is 0.